The third-order valence-electron chi connectivity index (χ3n) is 5.29. The molecular formula is C24H20N4O4. The fourth-order valence-electron chi connectivity index (χ4n) is 3.71. The van der Waals surface area contributed by atoms with Gasteiger partial charge >= 0.3 is 5.69 Å². The van der Waals surface area contributed by atoms with Crippen LogP contribution in [-0.2, 0) is 11.3 Å². The van der Waals surface area contributed by atoms with Crippen LogP contribution in [0.3, 0.4) is 0 Å². The van der Waals surface area contributed by atoms with Crippen LogP contribution in [0.25, 0.3) is 10.9 Å². The summed E-state index contributed by atoms with van der Waals surface area (Å²) in [6, 6.07) is 22.2. The van der Waals surface area contributed by atoms with E-state index in [1.165, 1.54) is 4.57 Å². The quantitative estimate of drug-likeness (QED) is 0.523. The first-order valence-corrected chi connectivity index (χ1v) is 10.1. The minimum atomic E-state index is -0.498. The Balaban J connectivity index is 1.46. The molecule has 0 saturated heterocycles. The molecule has 32 heavy (non-hydrogen) atoms. The molecule has 2 heterocycles. The maximum Gasteiger partial charge on any atom is 0.350 e. The van der Waals surface area contributed by atoms with Crippen molar-refractivity contribution in [3.63, 3.8) is 0 Å². The second-order valence-electron chi connectivity index (χ2n) is 7.33. The number of ether oxygens (including phenoxy) is 2. The number of para-hydroxylation sites is 2. The van der Waals surface area contributed by atoms with E-state index in [-0.39, 0.29) is 19.2 Å². The van der Waals surface area contributed by atoms with Crippen LogP contribution in [0.1, 0.15) is 0 Å². The van der Waals surface area contributed by atoms with Gasteiger partial charge in [-0.05, 0) is 36.4 Å². The van der Waals surface area contributed by atoms with E-state index in [2.05, 4.69) is 10.3 Å². The van der Waals surface area contributed by atoms with E-state index < -0.39 is 5.69 Å². The number of nitrogens with zero attached hydrogens (tertiary/aromatic N) is 3. The van der Waals surface area contributed by atoms with Crippen LogP contribution in [-0.4, -0.2) is 29.3 Å². The van der Waals surface area contributed by atoms with Gasteiger partial charge in [0.2, 0.25) is 12.7 Å². The number of nitrogens with one attached hydrogen (secondary N) is 1. The van der Waals surface area contributed by atoms with Gasteiger partial charge in [0.1, 0.15) is 12.4 Å². The molecule has 0 unspecified atom stereocenters. The average molecular weight is 428 g/mol. The number of amides is 1. The monoisotopic (exact) mass is 428 g/mol. The fraction of sp³-hybridized carbons (Fsp3) is 0.125. The summed E-state index contributed by atoms with van der Waals surface area (Å²) in [5.74, 6) is 1.39. The van der Waals surface area contributed by atoms with Crippen molar-refractivity contribution in [1.82, 2.24) is 9.55 Å². The first-order valence-electron chi connectivity index (χ1n) is 10.1. The number of hydrogen-bond donors (Lipinski definition) is 1. The van der Waals surface area contributed by atoms with Crippen LogP contribution in [0.15, 0.2) is 77.6 Å². The lowest BCUT2D eigenvalue weighted by atomic mass is 10.2. The Morgan fingerprint density at radius 1 is 1.03 bits per heavy atom. The van der Waals surface area contributed by atoms with E-state index >= 15 is 0 Å². The van der Waals surface area contributed by atoms with Crippen LogP contribution < -0.4 is 25.4 Å². The molecule has 8 heteroatoms. The SMILES string of the molecule is CN(c1ccccc1)c1nc(=O)n(CC(=O)Nc2ccc3c(c2)OCO3)c2ccccc12. The second kappa shape index (κ2) is 8.07. The van der Waals surface area contributed by atoms with E-state index in [4.69, 9.17) is 9.47 Å². The predicted molar refractivity (Wildman–Crippen MR) is 122 cm³/mol. The highest BCUT2D eigenvalue weighted by atomic mass is 16.7. The van der Waals surface area contributed by atoms with Gasteiger partial charge in [0.05, 0.1) is 5.52 Å². The number of anilines is 3. The first-order chi connectivity index (χ1) is 15.6. The van der Waals surface area contributed by atoms with E-state index in [0.29, 0.717) is 28.5 Å². The molecular weight excluding hydrogens is 408 g/mol. The Bertz CT molecular complexity index is 1370. The molecule has 0 bridgehead atoms. The van der Waals surface area contributed by atoms with Crippen LogP contribution in [0.4, 0.5) is 17.2 Å². The van der Waals surface area contributed by atoms with Crippen molar-refractivity contribution in [2.45, 2.75) is 6.54 Å². The average Bonchev–Trinajstić information content (AvgIpc) is 3.29. The number of benzene rings is 3. The highest BCUT2D eigenvalue weighted by Crippen LogP contribution is 2.34. The van der Waals surface area contributed by atoms with Crippen LogP contribution >= 0.6 is 0 Å². The van der Waals surface area contributed by atoms with Crippen molar-refractivity contribution in [3.8, 4) is 11.5 Å². The Morgan fingerprint density at radius 3 is 2.62 bits per heavy atom. The van der Waals surface area contributed by atoms with Crippen molar-refractivity contribution in [3.05, 3.63) is 83.3 Å². The van der Waals surface area contributed by atoms with Gasteiger partial charge in [0.25, 0.3) is 0 Å². The van der Waals surface area contributed by atoms with Crippen LogP contribution in [0.2, 0.25) is 0 Å². The smallest absolute Gasteiger partial charge is 0.350 e. The standard InChI is InChI=1S/C24H20N4O4/c1-27(17-7-3-2-4-8-17)23-18-9-5-6-10-19(18)28(24(30)26-23)14-22(29)25-16-11-12-20-21(13-16)32-15-31-20/h2-13H,14-15H2,1H3,(H,25,29). The van der Waals surface area contributed by atoms with Crippen molar-refractivity contribution in [2.24, 2.45) is 0 Å². The summed E-state index contributed by atoms with van der Waals surface area (Å²) in [6.07, 6.45) is 0. The summed E-state index contributed by atoms with van der Waals surface area (Å²) in [4.78, 5) is 31.8. The highest BCUT2D eigenvalue weighted by molar-refractivity contribution is 5.94. The van der Waals surface area contributed by atoms with Gasteiger partial charge in [-0.3, -0.25) is 9.36 Å². The van der Waals surface area contributed by atoms with Crippen molar-refractivity contribution in [2.75, 3.05) is 24.1 Å². The van der Waals surface area contributed by atoms with E-state index in [1.807, 2.05) is 66.5 Å². The molecule has 0 aliphatic carbocycles. The number of rotatable bonds is 5. The van der Waals surface area contributed by atoms with Crippen molar-refractivity contribution >= 4 is 34.0 Å². The molecule has 0 fully saturated rings. The molecule has 0 atom stereocenters. The molecule has 0 spiro atoms. The molecule has 1 aromatic heterocycles. The molecule has 3 aromatic carbocycles. The summed E-state index contributed by atoms with van der Waals surface area (Å²) < 4.78 is 12.0. The minimum absolute atomic E-state index is 0.156. The Morgan fingerprint density at radius 2 is 1.78 bits per heavy atom. The summed E-state index contributed by atoms with van der Waals surface area (Å²) in [6.45, 7) is -0.0142. The highest BCUT2D eigenvalue weighted by Gasteiger charge is 2.18. The summed E-state index contributed by atoms with van der Waals surface area (Å²) in [7, 11) is 1.86. The molecule has 160 valence electrons. The zero-order chi connectivity index (χ0) is 22.1. The molecule has 8 nitrogen and oxygen atoms in total. The summed E-state index contributed by atoms with van der Waals surface area (Å²) in [5, 5.41) is 3.58. The number of aromatic nitrogens is 2. The number of carbonyl (C=O) groups excluding carboxylic acids is 1. The zero-order valence-corrected chi connectivity index (χ0v) is 17.3. The van der Waals surface area contributed by atoms with E-state index in [0.717, 1.165) is 11.1 Å². The first kappa shape index (κ1) is 19.6. The van der Waals surface area contributed by atoms with Gasteiger partial charge in [-0.1, -0.05) is 30.3 Å². The summed E-state index contributed by atoms with van der Waals surface area (Å²) in [5.41, 5.74) is 1.60. The molecule has 1 N–H and O–H groups in total. The van der Waals surface area contributed by atoms with Gasteiger partial charge in [0, 0.05) is 29.9 Å². The third-order valence-corrected chi connectivity index (χ3v) is 5.29. The Kier molecular flexibility index (Phi) is 4.95. The van der Waals surface area contributed by atoms with Gasteiger partial charge in [0.15, 0.2) is 11.5 Å². The minimum Gasteiger partial charge on any atom is -0.454 e. The Labute approximate surface area is 183 Å². The van der Waals surface area contributed by atoms with E-state index in [9.17, 15) is 9.59 Å². The lowest BCUT2D eigenvalue weighted by Crippen LogP contribution is -2.31. The van der Waals surface area contributed by atoms with Crippen LogP contribution in [0.5, 0.6) is 11.5 Å². The molecule has 4 aromatic rings. The van der Waals surface area contributed by atoms with Crippen LogP contribution in [0, 0.1) is 0 Å². The van der Waals surface area contributed by atoms with E-state index in [1.54, 1.807) is 18.2 Å². The predicted octanol–water partition coefficient (Wildman–Crippen LogP) is 3.53. The lowest BCUT2D eigenvalue weighted by molar-refractivity contribution is -0.116. The number of fused-ring (bicyclic) bond motifs is 2. The molecule has 5 rings (SSSR count). The largest absolute Gasteiger partial charge is 0.454 e. The molecule has 0 saturated carbocycles. The maximum atomic E-state index is 12.9. The lowest BCUT2D eigenvalue weighted by Gasteiger charge is -2.21. The maximum absolute atomic E-state index is 12.9. The summed E-state index contributed by atoms with van der Waals surface area (Å²) >= 11 is 0. The van der Waals surface area contributed by atoms with Crippen molar-refractivity contribution in [1.29, 1.82) is 0 Å². The Hall–Kier alpha value is -4.33. The molecule has 1 aliphatic heterocycles. The van der Waals surface area contributed by atoms with Gasteiger partial charge in [-0.25, -0.2) is 4.79 Å². The number of carbonyl (C=O) groups is 1. The number of hydrogen-bond acceptors (Lipinski definition) is 6. The molecule has 0 radical (unpaired) electrons. The second-order valence-corrected chi connectivity index (χ2v) is 7.33. The van der Waals surface area contributed by atoms with Gasteiger partial charge in [-0.15, -0.1) is 0 Å². The molecule has 1 amide bonds. The zero-order valence-electron chi connectivity index (χ0n) is 17.3. The van der Waals surface area contributed by atoms with Gasteiger partial charge < -0.3 is 19.7 Å². The molecule has 1 aliphatic rings. The topological polar surface area (TPSA) is 85.7 Å². The van der Waals surface area contributed by atoms with Crippen molar-refractivity contribution < 1.29 is 14.3 Å². The normalized spacial score (nSPS) is 12.0. The fourth-order valence-corrected chi connectivity index (χ4v) is 3.71. The third kappa shape index (κ3) is 3.62. The van der Waals surface area contributed by atoms with Gasteiger partial charge in [-0.2, -0.15) is 4.98 Å².